The normalized spacial score (nSPS) is 16.4. The van der Waals surface area contributed by atoms with E-state index in [9.17, 15) is 4.79 Å². The van der Waals surface area contributed by atoms with Crippen molar-refractivity contribution in [3.63, 3.8) is 0 Å². The first-order valence-corrected chi connectivity index (χ1v) is 5.03. The molecule has 0 fully saturated rings. The fourth-order valence-corrected chi connectivity index (χ4v) is 1.54. The predicted molar refractivity (Wildman–Crippen MR) is 59.4 cm³/mol. The average Bonchev–Trinajstić information content (AvgIpc) is 2.42. The summed E-state index contributed by atoms with van der Waals surface area (Å²) in [5.74, 6) is 0.0868. The lowest BCUT2D eigenvalue weighted by Crippen LogP contribution is -2.26. The zero-order valence-corrected chi connectivity index (χ0v) is 9.22. The Morgan fingerprint density at radius 1 is 1.14 bits per heavy atom. The fourth-order valence-electron chi connectivity index (χ4n) is 1.54. The Morgan fingerprint density at radius 3 is 2.29 bits per heavy atom. The Kier molecular flexibility index (Phi) is 2.94. The Labute approximate surface area is 85.3 Å². The molecule has 0 spiro atoms. The highest BCUT2D eigenvalue weighted by molar-refractivity contribution is 6.05. The monoisotopic (exact) mass is 191 g/mol. The summed E-state index contributed by atoms with van der Waals surface area (Å²) in [6, 6.07) is 7.82. The largest absolute Gasteiger partial charge is 0.325 e. The highest BCUT2D eigenvalue weighted by Gasteiger charge is 2.37. The molecule has 1 N–H and O–H groups in total. The molecule has 0 aliphatic carbocycles. The number of nitrogens with one attached hydrogen (secondary N) is 1. The van der Waals surface area contributed by atoms with Gasteiger partial charge < -0.3 is 5.32 Å². The number of fused-ring (bicyclic) bond motifs is 1. The molecular weight excluding hydrogens is 174 g/mol. The van der Waals surface area contributed by atoms with Gasteiger partial charge in [-0.3, -0.25) is 4.79 Å². The summed E-state index contributed by atoms with van der Waals surface area (Å²) in [7, 11) is 0. The van der Waals surface area contributed by atoms with Gasteiger partial charge in [0.2, 0.25) is 5.91 Å². The number of anilines is 1. The molecule has 0 radical (unpaired) electrons. The summed E-state index contributed by atoms with van der Waals surface area (Å²) >= 11 is 0. The summed E-state index contributed by atoms with van der Waals surface area (Å²) in [6.07, 6.45) is 0. The number of rotatable bonds is 0. The molecule has 0 atom stereocenters. The van der Waals surface area contributed by atoms with E-state index in [-0.39, 0.29) is 11.3 Å². The van der Waals surface area contributed by atoms with E-state index in [1.807, 2.05) is 52.0 Å². The van der Waals surface area contributed by atoms with Gasteiger partial charge in [-0.2, -0.15) is 0 Å². The van der Waals surface area contributed by atoms with Crippen LogP contribution in [0.4, 0.5) is 5.69 Å². The number of para-hydroxylation sites is 1. The molecule has 2 rings (SSSR count). The number of hydrogen-bond acceptors (Lipinski definition) is 1. The van der Waals surface area contributed by atoms with Crippen LogP contribution in [0.25, 0.3) is 0 Å². The summed E-state index contributed by atoms with van der Waals surface area (Å²) in [5.41, 5.74) is 1.68. The van der Waals surface area contributed by atoms with Crippen LogP contribution < -0.4 is 5.32 Å². The smallest absolute Gasteiger partial charge is 0.234 e. The highest BCUT2D eigenvalue weighted by atomic mass is 16.2. The zero-order chi connectivity index (χ0) is 10.8. The van der Waals surface area contributed by atoms with Crippen molar-refractivity contribution in [3.8, 4) is 0 Å². The third kappa shape index (κ3) is 1.52. The lowest BCUT2D eigenvalue weighted by Gasteiger charge is -2.14. The number of benzene rings is 1. The van der Waals surface area contributed by atoms with Crippen LogP contribution in [0.15, 0.2) is 24.3 Å². The van der Waals surface area contributed by atoms with Crippen LogP contribution >= 0.6 is 0 Å². The molecule has 0 unspecified atom stereocenters. The molecule has 76 valence electrons. The Balaban J connectivity index is 0.000000461. The molecule has 1 aliphatic rings. The first-order valence-electron chi connectivity index (χ1n) is 5.03. The van der Waals surface area contributed by atoms with Gasteiger partial charge in [0.1, 0.15) is 0 Å². The van der Waals surface area contributed by atoms with Crippen LogP contribution in [0.3, 0.4) is 0 Å². The van der Waals surface area contributed by atoms with Crippen LogP contribution in [0, 0.1) is 0 Å². The number of hydrogen-bond donors (Lipinski definition) is 1. The van der Waals surface area contributed by atoms with Crippen molar-refractivity contribution in [1.82, 2.24) is 0 Å². The van der Waals surface area contributed by atoms with Crippen molar-refractivity contribution < 1.29 is 4.79 Å². The Morgan fingerprint density at radius 2 is 1.71 bits per heavy atom. The number of amides is 1. The second kappa shape index (κ2) is 3.82. The minimum absolute atomic E-state index is 0.0868. The molecule has 1 amide bonds. The SMILES string of the molecule is CC.CC1(C)C(=O)Nc2ccccc21. The minimum Gasteiger partial charge on any atom is -0.325 e. The topological polar surface area (TPSA) is 29.1 Å². The molecule has 2 heteroatoms. The van der Waals surface area contributed by atoms with E-state index in [1.54, 1.807) is 0 Å². The molecule has 1 aliphatic heterocycles. The lowest BCUT2D eigenvalue weighted by atomic mass is 9.86. The molecule has 1 aromatic rings. The van der Waals surface area contributed by atoms with Gasteiger partial charge in [0.05, 0.1) is 5.41 Å². The molecule has 0 saturated heterocycles. The standard InChI is InChI=1S/C10H11NO.C2H6/c1-10(2)7-5-3-4-6-8(7)11-9(10)12;1-2/h3-6H,1-2H3,(H,11,12);1-2H3. The first kappa shape index (κ1) is 10.8. The van der Waals surface area contributed by atoms with Gasteiger partial charge in [-0.05, 0) is 25.5 Å². The second-order valence-corrected chi connectivity index (χ2v) is 3.62. The third-order valence-corrected chi connectivity index (χ3v) is 2.42. The van der Waals surface area contributed by atoms with Crippen molar-refractivity contribution >= 4 is 11.6 Å². The van der Waals surface area contributed by atoms with E-state index in [4.69, 9.17) is 0 Å². The zero-order valence-electron chi connectivity index (χ0n) is 9.22. The van der Waals surface area contributed by atoms with Gasteiger partial charge >= 0.3 is 0 Å². The van der Waals surface area contributed by atoms with Gasteiger partial charge in [-0.1, -0.05) is 32.0 Å². The van der Waals surface area contributed by atoms with E-state index >= 15 is 0 Å². The maximum absolute atomic E-state index is 11.4. The van der Waals surface area contributed by atoms with E-state index in [1.165, 1.54) is 0 Å². The maximum atomic E-state index is 11.4. The van der Waals surface area contributed by atoms with Gasteiger partial charge in [0.15, 0.2) is 0 Å². The third-order valence-electron chi connectivity index (χ3n) is 2.42. The highest BCUT2D eigenvalue weighted by Crippen LogP contribution is 2.36. The molecule has 0 bridgehead atoms. The van der Waals surface area contributed by atoms with Crippen molar-refractivity contribution in [2.75, 3.05) is 5.32 Å². The first-order chi connectivity index (χ1) is 6.62. The van der Waals surface area contributed by atoms with E-state index in [0.29, 0.717) is 0 Å². The molecule has 0 aromatic heterocycles. The molecule has 0 saturated carbocycles. The van der Waals surface area contributed by atoms with Gasteiger partial charge in [-0.15, -0.1) is 0 Å². The van der Waals surface area contributed by atoms with Crippen LogP contribution in [0.1, 0.15) is 33.3 Å². The maximum Gasteiger partial charge on any atom is 0.234 e. The molecule has 14 heavy (non-hydrogen) atoms. The summed E-state index contributed by atoms with van der Waals surface area (Å²) in [6.45, 7) is 7.88. The summed E-state index contributed by atoms with van der Waals surface area (Å²) < 4.78 is 0. The molecule has 1 aromatic carbocycles. The quantitative estimate of drug-likeness (QED) is 0.671. The van der Waals surface area contributed by atoms with Crippen molar-refractivity contribution in [2.45, 2.75) is 33.1 Å². The summed E-state index contributed by atoms with van der Waals surface area (Å²) in [5, 5.41) is 2.85. The Bertz CT molecular complexity index is 342. The number of carbonyl (C=O) groups is 1. The van der Waals surface area contributed by atoms with Crippen molar-refractivity contribution in [2.24, 2.45) is 0 Å². The molecule has 1 heterocycles. The van der Waals surface area contributed by atoms with Gasteiger partial charge in [0.25, 0.3) is 0 Å². The molecular formula is C12H17NO. The van der Waals surface area contributed by atoms with E-state index in [0.717, 1.165) is 11.3 Å². The van der Waals surface area contributed by atoms with Crippen molar-refractivity contribution in [3.05, 3.63) is 29.8 Å². The summed E-state index contributed by atoms with van der Waals surface area (Å²) in [4.78, 5) is 11.4. The van der Waals surface area contributed by atoms with Crippen molar-refractivity contribution in [1.29, 1.82) is 0 Å². The van der Waals surface area contributed by atoms with E-state index in [2.05, 4.69) is 5.32 Å². The van der Waals surface area contributed by atoms with Crippen LogP contribution in [-0.4, -0.2) is 5.91 Å². The van der Waals surface area contributed by atoms with Gasteiger partial charge in [0, 0.05) is 5.69 Å². The van der Waals surface area contributed by atoms with Crippen LogP contribution in [0.2, 0.25) is 0 Å². The van der Waals surface area contributed by atoms with Crippen LogP contribution in [-0.2, 0) is 10.2 Å². The van der Waals surface area contributed by atoms with E-state index < -0.39 is 0 Å². The lowest BCUT2D eigenvalue weighted by molar-refractivity contribution is -0.119. The van der Waals surface area contributed by atoms with Gasteiger partial charge in [-0.25, -0.2) is 0 Å². The fraction of sp³-hybridized carbons (Fsp3) is 0.417. The number of carbonyl (C=O) groups excluding carboxylic acids is 1. The average molecular weight is 191 g/mol. The molecule has 2 nitrogen and oxygen atoms in total. The second-order valence-electron chi connectivity index (χ2n) is 3.62. The van der Waals surface area contributed by atoms with Crippen LogP contribution in [0.5, 0.6) is 0 Å². The Hall–Kier alpha value is -1.31. The predicted octanol–water partition coefficient (Wildman–Crippen LogP) is 2.94. The minimum atomic E-state index is -0.364.